The fourth-order valence-electron chi connectivity index (χ4n) is 4.32. The lowest BCUT2D eigenvalue weighted by molar-refractivity contribution is -0.274. The van der Waals surface area contributed by atoms with Gasteiger partial charge in [-0.25, -0.2) is 9.18 Å². The molecule has 0 spiro atoms. The molecular weight excluding hydrogens is 522 g/mol. The molecule has 1 heterocycles. The monoisotopic (exact) mass is 545 g/mol. The summed E-state index contributed by atoms with van der Waals surface area (Å²) in [6.45, 7) is 3.15. The van der Waals surface area contributed by atoms with E-state index in [0.717, 1.165) is 24.3 Å². The van der Waals surface area contributed by atoms with Gasteiger partial charge in [-0.2, -0.15) is 0 Å². The van der Waals surface area contributed by atoms with E-state index in [1.165, 1.54) is 23.8 Å². The maximum atomic E-state index is 14.7. The maximum absolute atomic E-state index is 14.7. The summed E-state index contributed by atoms with van der Waals surface area (Å²) < 4.78 is 69.7. The van der Waals surface area contributed by atoms with Crippen LogP contribution in [0.25, 0.3) is 16.6 Å². The highest BCUT2D eigenvalue weighted by molar-refractivity contribution is 6.18. The highest BCUT2D eigenvalue weighted by atomic mass is 19.4. The van der Waals surface area contributed by atoms with Crippen molar-refractivity contribution in [3.63, 3.8) is 0 Å². The van der Waals surface area contributed by atoms with Crippen molar-refractivity contribution in [1.82, 2.24) is 4.57 Å². The van der Waals surface area contributed by atoms with Gasteiger partial charge in [-0.3, -0.25) is 4.79 Å². The summed E-state index contributed by atoms with van der Waals surface area (Å²) in [7, 11) is 1.48. The van der Waals surface area contributed by atoms with Crippen LogP contribution in [-0.4, -0.2) is 41.0 Å². The zero-order valence-corrected chi connectivity index (χ0v) is 21.0. The molecule has 1 N–H and O–H groups in total. The van der Waals surface area contributed by atoms with Crippen molar-refractivity contribution in [2.75, 3.05) is 7.11 Å². The van der Waals surface area contributed by atoms with Gasteiger partial charge < -0.3 is 23.9 Å². The number of ether oxygens (including phenoxy) is 3. The number of aromatic nitrogens is 1. The zero-order chi connectivity index (χ0) is 28.5. The molecule has 11 heteroatoms. The van der Waals surface area contributed by atoms with Crippen molar-refractivity contribution in [3.8, 4) is 22.9 Å². The molecule has 0 bridgehead atoms. The van der Waals surface area contributed by atoms with E-state index < -0.39 is 35.8 Å². The van der Waals surface area contributed by atoms with Crippen molar-refractivity contribution >= 4 is 22.7 Å². The first-order chi connectivity index (χ1) is 18.4. The van der Waals surface area contributed by atoms with Crippen molar-refractivity contribution in [2.24, 2.45) is 0 Å². The van der Waals surface area contributed by atoms with Crippen molar-refractivity contribution in [3.05, 3.63) is 83.3 Å². The van der Waals surface area contributed by atoms with Crippen molar-refractivity contribution in [1.29, 1.82) is 0 Å². The standard InChI is InChI=1S/C28H23F4NO6/c1-4-24(27(35)36)38-21-12-17(29)11-18(13-21)33-15(2)25(26(34)16-5-7-19(37-3)8-6-16)22-10-9-20(14-23(22)33)39-28(30,31)32/h5-14,24H,4H2,1-3H3,(H,35,36)/t24-/m1/s1. The van der Waals surface area contributed by atoms with Crippen LogP contribution in [-0.2, 0) is 4.79 Å². The second kappa shape index (κ2) is 10.7. The van der Waals surface area contributed by atoms with Crippen LogP contribution in [0.1, 0.15) is 35.0 Å². The molecule has 1 atom stereocenters. The van der Waals surface area contributed by atoms with E-state index in [-0.39, 0.29) is 28.9 Å². The third kappa shape index (κ3) is 5.82. The minimum absolute atomic E-state index is 0.102. The number of nitrogens with zero attached hydrogens (tertiary/aromatic N) is 1. The third-order valence-electron chi connectivity index (χ3n) is 6.03. The predicted octanol–water partition coefficient (Wildman–Crippen LogP) is 6.46. The van der Waals surface area contributed by atoms with E-state index in [9.17, 15) is 32.3 Å². The number of aliphatic carboxylic acids is 1. The van der Waals surface area contributed by atoms with E-state index in [0.29, 0.717) is 22.4 Å². The molecule has 0 aliphatic heterocycles. The molecule has 4 aromatic rings. The second-order valence-electron chi connectivity index (χ2n) is 8.58. The smallest absolute Gasteiger partial charge is 0.497 e. The van der Waals surface area contributed by atoms with Gasteiger partial charge in [0.1, 0.15) is 23.1 Å². The van der Waals surface area contributed by atoms with Gasteiger partial charge in [0.15, 0.2) is 11.9 Å². The third-order valence-corrected chi connectivity index (χ3v) is 6.03. The van der Waals surface area contributed by atoms with Crippen LogP contribution in [0.4, 0.5) is 17.6 Å². The Morgan fingerprint density at radius 1 is 0.974 bits per heavy atom. The Bertz CT molecular complexity index is 1540. The number of carbonyl (C=O) groups excluding carboxylic acids is 1. The van der Waals surface area contributed by atoms with Crippen LogP contribution in [0.2, 0.25) is 0 Å². The molecule has 7 nitrogen and oxygen atoms in total. The van der Waals surface area contributed by atoms with Crippen molar-refractivity contribution in [2.45, 2.75) is 32.7 Å². The fourth-order valence-corrected chi connectivity index (χ4v) is 4.32. The number of carboxylic acids is 1. The van der Waals surface area contributed by atoms with Gasteiger partial charge >= 0.3 is 12.3 Å². The lowest BCUT2D eigenvalue weighted by atomic mass is 10.0. The number of fused-ring (bicyclic) bond motifs is 1. The average molecular weight is 545 g/mol. The van der Waals surface area contributed by atoms with Gasteiger partial charge in [0.25, 0.3) is 0 Å². The number of halogens is 4. The number of alkyl halides is 3. The topological polar surface area (TPSA) is 87.0 Å². The van der Waals surface area contributed by atoms with Gasteiger partial charge in [-0.05, 0) is 55.8 Å². The van der Waals surface area contributed by atoms with Gasteiger partial charge in [0.2, 0.25) is 0 Å². The number of carbonyl (C=O) groups is 2. The Balaban J connectivity index is 1.93. The number of benzene rings is 3. The molecule has 0 fully saturated rings. The number of rotatable bonds is 9. The number of hydrogen-bond donors (Lipinski definition) is 1. The summed E-state index contributed by atoms with van der Waals surface area (Å²) in [4.78, 5) is 25.0. The summed E-state index contributed by atoms with van der Waals surface area (Å²) in [5, 5.41) is 9.63. The minimum atomic E-state index is -4.96. The highest BCUT2D eigenvalue weighted by Crippen LogP contribution is 2.36. The van der Waals surface area contributed by atoms with Gasteiger partial charge in [0.05, 0.1) is 23.9 Å². The SMILES string of the molecule is CC[C@@H](Oc1cc(F)cc(-n2c(C)c(C(=O)c3ccc(OC)cc3)c3ccc(OC(F)(F)F)cc32)c1)C(=O)O. The van der Waals surface area contributed by atoms with Crippen LogP contribution < -0.4 is 14.2 Å². The first kappa shape index (κ1) is 27.5. The lowest BCUT2D eigenvalue weighted by Crippen LogP contribution is -2.26. The number of hydrogen-bond acceptors (Lipinski definition) is 5. The Morgan fingerprint density at radius 3 is 2.23 bits per heavy atom. The summed E-state index contributed by atoms with van der Waals surface area (Å²) in [6.07, 6.45) is -6.11. The summed E-state index contributed by atoms with van der Waals surface area (Å²) >= 11 is 0. The molecule has 0 saturated heterocycles. The minimum Gasteiger partial charge on any atom is -0.497 e. The molecule has 4 rings (SSSR count). The Labute approximate surface area is 220 Å². The first-order valence-corrected chi connectivity index (χ1v) is 11.7. The van der Waals surface area contributed by atoms with E-state index in [1.807, 2.05) is 0 Å². The van der Waals surface area contributed by atoms with Crippen LogP contribution in [0.15, 0.2) is 60.7 Å². The predicted molar refractivity (Wildman–Crippen MR) is 133 cm³/mol. The lowest BCUT2D eigenvalue weighted by Gasteiger charge is -2.16. The van der Waals surface area contributed by atoms with Gasteiger partial charge in [-0.1, -0.05) is 6.92 Å². The quantitative estimate of drug-likeness (QED) is 0.192. The number of ketones is 1. The van der Waals surface area contributed by atoms with Crippen LogP contribution in [0, 0.1) is 12.7 Å². The average Bonchev–Trinajstić information content (AvgIpc) is 3.16. The molecule has 0 unspecified atom stereocenters. The van der Waals surface area contributed by atoms with Crippen LogP contribution >= 0.6 is 0 Å². The molecule has 0 saturated carbocycles. The van der Waals surface area contributed by atoms with E-state index in [4.69, 9.17) is 9.47 Å². The summed E-state index contributed by atoms with van der Waals surface area (Å²) in [5.41, 5.74) is 1.01. The van der Waals surface area contributed by atoms with Crippen LogP contribution in [0.5, 0.6) is 17.2 Å². The largest absolute Gasteiger partial charge is 0.573 e. The Kier molecular flexibility index (Phi) is 7.53. The number of carboxylic acid groups (broad SMARTS) is 1. The van der Waals surface area contributed by atoms with E-state index >= 15 is 0 Å². The summed E-state index contributed by atoms with van der Waals surface area (Å²) in [5.74, 6) is -2.57. The Morgan fingerprint density at radius 2 is 1.64 bits per heavy atom. The molecule has 3 aromatic carbocycles. The summed E-state index contributed by atoms with van der Waals surface area (Å²) in [6, 6.07) is 13.2. The van der Waals surface area contributed by atoms with Gasteiger partial charge in [0, 0.05) is 34.8 Å². The van der Waals surface area contributed by atoms with E-state index in [2.05, 4.69) is 4.74 Å². The maximum Gasteiger partial charge on any atom is 0.573 e. The molecule has 204 valence electrons. The zero-order valence-electron chi connectivity index (χ0n) is 21.0. The second-order valence-corrected chi connectivity index (χ2v) is 8.58. The molecular formula is C28H23F4NO6. The molecule has 1 aromatic heterocycles. The molecule has 39 heavy (non-hydrogen) atoms. The van der Waals surface area contributed by atoms with Crippen molar-refractivity contribution < 1.29 is 46.5 Å². The fraction of sp³-hybridized carbons (Fsp3) is 0.214. The van der Waals surface area contributed by atoms with Crippen LogP contribution in [0.3, 0.4) is 0 Å². The van der Waals surface area contributed by atoms with Gasteiger partial charge in [-0.15, -0.1) is 13.2 Å². The molecule has 0 amide bonds. The Hall–Kier alpha value is -4.54. The van der Waals surface area contributed by atoms with E-state index in [1.54, 1.807) is 38.1 Å². The molecule has 0 aliphatic carbocycles. The normalized spacial score (nSPS) is 12.3. The molecule has 0 radical (unpaired) electrons. The highest BCUT2D eigenvalue weighted by Gasteiger charge is 2.32. The number of methoxy groups -OCH3 is 1. The molecule has 0 aliphatic rings. The first-order valence-electron chi connectivity index (χ1n) is 11.7.